The summed E-state index contributed by atoms with van der Waals surface area (Å²) in [6.07, 6.45) is 1.56. The summed E-state index contributed by atoms with van der Waals surface area (Å²) in [5.41, 5.74) is 4.07. The molecule has 0 aliphatic rings. The Bertz CT molecular complexity index is 1050. The minimum Gasteiger partial charge on any atom is -0.354 e. The van der Waals surface area contributed by atoms with Crippen molar-refractivity contribution >= 4 is 27.7 Å². The standard InChI is InChI=1S/C28H31BrN2O2/c1-3-16-30-28(33)26(18-22-9-5-4-6-10-22)31(20-23-12-14-25(29)15-13-23)27(32)19-24-11-7-8-21(2)17-24/h4-15,17,26H,3,16,18-20H2,1-2H3,(H,30,33). The Morgan fingerprint density at radius 1 is 0.909 bits per heavy atom. The number of hydrogen-bond donors (Lipinski definition) is 1. The predicted octanol–water partition coefficient (Wildman–Crippen LogP) is 5.47. The van der Waals surface area contributed by atoms with E-state index >= 15 is 0 Å². The molecular formula is C28H31BrN2O2. The highest BCUT2D eigenvalue weighted by Gasteiger charge is 2.30. The minimum atomic E-state index is -0.597. The predicted molar refractivity (Wildman–Crippen MR) is 137 cm³/mol. The molecule has 5 heteroatoms. The van der Waals surface area contributed by atoms with E-state index in [0.29, 0.717) is 19.5 Å². The largest absolute Gasteiger partial charge is 0.354 e. The molecule has 3 aromatic carbocycles. The van der Waals surface area contributed by atoms with Crippen LogP contribution in [0.25, 0.3) is 0 Å². The van der Waals surface area contributed by atoms with Gasteiger partial charge in [-0.1, -0.05) is 95.1 Å². The molecule has 4 nitrogen and oxygen atoms in total. The highest BCUT2D eigenvalue weighted by atomic mass is 79.9. The maximum Gasteiger partial charge on any atom is 0.243 e. The molecule has 172 valence electrons. The average Bonchev–Trinajstić information content (AvgIpc) is 2.81. The highest BCUT2D eigenvalue weighted by Crippen LogP contribution is 2.18. The van der Waals surface area contributed by atoms with E-state index in [-0.39, 0.29) is 18.2 Å². The quantitative estimate of drug-likeness (QED) is 0.396. The first-order valence-corrected chi connectivity index (χ1v) is 12.2. The van der Waals surface area contributed by atoms with Gasteiger partial charge in [0.15, 0.2) is 0 Å². The molecule has 0 radical (unpaired) electrons. The number of rotatable bonds is 10. The third-order valence-electron chi connectivity index (χ3n) is 5.52. The summed E-state index contributed by atoms with van der Waals surface area (Å²) in [6.45, 7) is 5.00. The van der Waals surface area contributed by atoms with Crippen LogP contribution in [0.4, 0.5) is 0 Å². The van der Waals surface area contributed by atoms with E-state index in [1.165, 1.54) is 0 Å². The Morgan fingerprint density at radius 3 is 2.27 bits per heavy atom. The molecule has 0 fully saturated rings. The number of carbonyl (C=O) groups is 2. The summed E-state index contributed by atoms with van der Waals surface area (Å²) in [4.78, 5) is 28.7. The zero-order valence-electron chi connectivity index (χ0n) is 19.3. The van der Waals surface area contributed by atoms with Gasteiger partial charge in [-0.2, -0.15) is 0 Å². The van der Waals surface area contributed by atoms with E-state index in [9.17, 15) is 9.59 Å². The molecule has 1 atom stereocenters. The lowest BCUT2D eigenvalue weighted by Gasteiger charge is -2.31. The number of hydrogen-bond acceptors (Lipinski definition) is 2. The van der Waals surface area contributed by atoms with Crippen LogP contribution in [-0.2, 0) is 29.0 Å². The SMILES string of the molecule is CCCNC(=O)C(Cc1ccccc1)N(Cc1ccc(Br)cc1)C(=O)Cc1cccc(C)c1. The molecule has 0 bridgehead atoms. The van der Waals surface area contributed by atoms with Crippen molar-refractivity contribution in [3.63, 3.8) is 0 Å². The summed E-state index contributed by atoms with van der Waals surface area (Å²) in [5.74, 6) is -0.175. The van der Waals surface area contributed by atoms with Crippen molar-refractivity contribution < 1.29 is 9.59 Å². The van der Waals surface area contributed by atoms with Crippen molar-refractivity contribution in [3.8, 4) is 0 Å². The molecule has 0 aliphatic heterocycles. The van der Waals surface area contributed by atoms with Crippen molar-refractivity contribution in [1.82, 2.24) is 10.2 Å². The fourth-order valence-electron chi connectivity index (χ4n) is 3.80. The third kappa shape index (κ3) is 7.57. The molecule has 1 N–H and O–H groups in total. The molecular weight excluding hydrogens is 476 g/mol. The number of halogens is 1. The lowest BCUT2D eigenvalue weighted by atomic mass is 10.0. The lowest BCUT2D eigenvalue weighted by molar-refractivity contribution is -0.140. The van der Waals surface area contributed by atoms with E-state index in [1.807, 2.05) is 92.7 Å². The van der Waals surface area contributed by atoms with Gasteiger partial charge in [0.25, 0.3) is 0 Å². The Hall–Kier alpha value is -2.92. The molecule has 0 aliphatic carbocycles. The fraction of sp³-hybridized carbons (Fsp3) is 0.286. The first-order valence-electron chi connectivity index (χ1n) is 11.4. The Morgan fingerprint density at radius 2 is 1.61 bits per heavy atom. The molecule has 2 amide bonds. The second-order valence-corrected chi connectivity index (χ2v) is 9.23. The van der Waals surface area contributed by atoms with E-state index < -0.39 is 6.04 Å². The fourth-order valence-corrected chi connectivity index (χ4v) is 4.07. The van der Waals surface area contributed by atoms with E-state index in [1.54, 1.807) is 4.90 Å². The van der Waals surface area contributed by atoms with Gasteiger partial charge in [0.05, 0.1) is 6.42 Å². The van der Waals surface area contributed by atoms with Gasteiger partial charge in [-0.3, -0.25) is 9.59 Å². The molecule has 0 saturated carbocycles. The van der Waals surface area contributed by atoms with Crippen LogP contribution in [0.5, 0.6) is 0 Å². The van der Waals surface area contributed by atoms with Crippen LogP contribution in [0.3, 0.4) is 0 Å². The van der Waals surface area contributed by atoms with Crippen LogP contribution in [0, 0.1) is 6.92 Å². The van der Waals surface area contributed by atoms with Crippen LogP contribution in [0.1, 0.15) is 35.6 Å². The van der Waals surface area contributed by atoms with Crippen LogP contribution in [0.15, 0.2) is 83.3 Å². The number of benzene rings is 3. The molecule has 3 aromatic rings. The van der Waals surface area contributed by atoms with Crippen LogP contribution in [-0.4, -0.2) is 29.3 Å². The Balaban J connectivity index is 1.94. The van der Waals surface area contributed by atoms with Gasteiger partial charge in [-0.05, 0) is 42.2 Å². The van der Waals surface area contributed by atoms with Crippen molar-refractivity contribution in [3.05, 3.63) is 106 Å². The van der Waals surface area contributed by atoms with Gasteiger partial charge in [-0.25, -0.2) is 0 Å². The topological polar surface area (TPSA) is 49.4 Å². The zero-order valence-corrected chi connectivity index (χ0v) is 20.8. The highest BCUT2D eigenvalue weighted by molar-refractivity contribution is 9.10. The van der Waals surface area contributed by atoms with Crippen molar-refractivity contribution in [2.45, 2.75) is 45.7 Å². The van der Waals surface area contributed by atoms with Gasteiger partial charge in [-0.15, -0.1) is 0 Å². The zero-order chi connectivity index (χ0) is 23.6. The molecule has 1 unspecified atom stereocenters. The monoisotopic (exact) mass is 506 g/mol. The van der Waals surface area contributed by atoms with E-state index in [0.717, 1.165) is 33.1 Å². The van der Waals surface area contributed by atoms with Gasteiger partial charge < -0.3 is 10.2 Å². The first-order chi connectivity index (χ1) is 16.0. The number of nitrogens with one attached hydrogen (secondary N) is 1. The minimum absolute atomic E-state index is 0.0592. The third-order valence-corrected chi connectivity index (χ3v) is 6.05. The second-order valence-electron chi connectivity index (χ2n) is 8.31. The van der Waals surface area contributed by atoms with Gasteiger partial charge in [0.2, 0.25) is 11.8 Å². The number of carbonyl (C=O) groups excluding carboxylic acids is 2. The van der Waals surface area contributed by atoms with Crippen LogP contribution < -0.4 is 5.32 Å². The van der Waals surface area contributed by atoms with Gasteiger partial charge >= 0.3 is 0 Å². The second kappa shape index (κ2) is 12.4. The maximum atomic E-state index is 13.6. The smallest absolute Gasteiger partial charge is 0.243 e. The Kier molecular flexibility index (Phi) is 9.25. The van der Waals surface area contributed by atoms with E-state index in [4.69, 9.17) is 0 Å². The lowest BCUT2D eigenvalue weighted by Crippen LogP contribution is -2.51. The normalized spacial score (nSPS) is 11.6. The Labute approximate surface area is 205 Å². The van der Waals surface area contributed by atoms with Gasteiger partial charge in [0, 0.05) is 24.0 Å². The van der Waals surface area contributed by atoms with Crippen LogP contribution >= 0.6 is 15.9 Å². The first kappa shape index (κ1) is 24.7. The summed E-state index contributed by atoms with van der Waals surface area (Å²) < 4.78 is 0.977. The van der Waals surface area contributed by atoms with Crippen molar-refractivity contribution in [1.29, 1.82) is 0 Å². The van der Waals surface area contributed by atoms with E-state index in [2.05, 4.69) is 21.2 Å². The number of amides is 2. The van der Waals surface area contributed by atoms with Gasteiger partial charge in [0.1, 0.15) is 6.04 Å². The summed E-state index contributed by atoms with van der Waals surface area (Å²) in [7, 11) is 0. The molecule has 0 spiro atoms. The van der Waals surface area contributed by atoms with Crippen molar-refractivity contribution in [2.24, 2.45) is 0 Å². The molecule has 0 aromatic heterocycles. The number of aryl methyl sites for hydroxylation is 1. The molecule has 3 rings (SSSR count). The molecule has 0 saturated heterocycles. The molecule has 0 heterocycles. The summed E-state index contributed by atoms with van der Waals surface area (Å²) in [6, 6.07) is 25.2. The van der Waals surface area contributed by atoms with Crippen molar-refractivity contribution in [2.75, 3.05) is 6.54 Å². The number of nitrogens with zero attached hydrogens (tertiary/aromatic N) is 1. The average molecular weight is 507 g/mol. The molecule has 33 heavy (non-hydrogen) atoms. The summed E-state index contributed by atoms with van der Waals surface area (Å²) >= 11 is 3.47. The van der Waals surface area contributed by atoms with Crippen LogP contribution in [0.2, 0.25) is 0 Å². The maximum absolute atomic E-state index is 13.6. The summed E-state index contributed by atoms with van der Waals surface area (Å²) in [5, 5.41) is 3.02.